The van der Waals surface area contributed by atoms with Gasteiger partial charge in [0, 0.05) is 6.04 Å². The highest BCUT2D eigenvalue weighted by Gasteiger charge is 2.25. The Morgan fingerprint density at radius 3 is 2.44 bits per heavy atom. The second kappa shape index (κ2) is 8.56. The molecule has 0 aliphatic heterocycles. The molecule has 1 N–H and O–H groups in total. The summed E-state index contributed by atoms with van der Waals surface area (Å²) in [7, 11) is -2.13. The van der Waals surface area contributed by atoms with E-state index in [2.05, 4.69) is 5.32 Å². The van der Waals surface area contributed by atoms with Crippen molar-refractivity contribution in [3.63, 3.8) is 0 Å². The zero-order valence-corrected chi connectivity index (χ0v) is 16.1. The molecule has 0 bridgehead atoms. The third-order valence-electron chi connectivity index (χ3n) is 4.51. The maximum Gasteiger partial charge on any atom is 0.240 e. The molecule has 1 aliphatic carbocycles. The Morgan fingerprint density at radius 2 is 1.88 bits per heavy atom. The number of carbonyl (C=O) groups is 1. The van der Waals surface area contributed by atoms with Crippen LogP contribution in [0.5, 0.6) is 5.75 Å². The van der Waals surface area contributed by atoms with Gasteiger partial charge in [-0.05, 0) is 37.5 Å². The zero-order chi connectivity index (χ0) is 18.4. The van der Waals surface area contributed by atoms with Crippen molar-refractivity contribution in [2.24, 2.45) is 0 Å². The summed E-state index contributed by atoms with van der Waals surface area (Å²) in [6, 6.07) is 5.41. The highest BCUT2D eigenvalue weighted by atomic mass is 32.2. The van der Waals surface area contributed by atoms with Crippen LogP contribution in [0, 0.1) is 6.92 Å². The minimum absolute atomic E-state index is 0.135. The molecular weight excluding hydrogens is 340 g/mol. The summed E-state index contributed by atoms with van der Waals surface area (Å²) in [6.45, 7) is 1.63. The van der Waals surface area contributed by atoms with Crippen LogP contribution >= 0.6 is 0 Å². The van der Waals surface area contributed by atoms with Crippen molar-refractivity contribution in [2.75, 3.05) is 24.2 Å². The number of rotatable bonds is 6. The van der Waals surface area contributed by atoms with Gasteiger partial charge in [0.15, 0.2) is 0 Å². The molecule has 6 nitrogen and oxygen atoms in total. The van der Waals surface area contributed by atoms with Crippen LogP contribution in [0.1, 0.15) is 44.1 Å². The van der Waals surface area contributed by atoms with Crippen molar-refractivity contribution in [3.8, 4) is 5.75 Å². The molecular formula is C18H28N2O4S. The quantitative estimate of drug-likeness (QED) is 0.783. The SMILES string of the molecule is COc1ccc(C)cc1N(CC(=O)NC1CCCCCC1)S(C)(=O)=O. The van der Waals surface area contributed by atoms with Crippen molar-refractivity contribution in [2.45, 2.75) is 51.5 Å². The Morgan fingerprint density at radius 1 is 1.24 bits per heavy atom. The van der Waals surface area contributed by atoms with Crippen molar-refractivity contribution in [1.29, 1.82) is 0 Å². The van der Waals surface area contributed by atoms with Gasteiger partial charge in [-0.15, -0.1) is 0 Å². The maximum atomic E-state index is 12.5. The molecule has 140 valence electrons. The number of anilines is 1. The lowest BCUT2D eigenvalue weighted by atomic mass is 10.1. The van der Waals surface area contributed by atoms with Crippen LogP contribution in [-0.2, 0) is 14.8 Å². The second-order valence-electron chi connectivity index (χ2n) is 6.70. The Kier molecular flexibility index (Phi) is 6.70. The fraction of sp³-hybridized carbons (Fsp3) is 0.611. The van der Waals surface area contributed by atoms with Gasteiger partial charge in [0.05, 0.1) is 19.1 Å². The zero-order valence-electron chi connectivity index (χ0n) is 15.2. The Labute approximate surface area is 150 Å². The number of aryl methyl sites for hydroxylation is 1. The molecule has 0 heterocycles. The van der Waals surface area contributed by atoms with Gasteiger partial charge in [0.1, 0.15) is 12.3 Å². The Bertz CT molecular complexity index is 695. The van der Waals surface area contributed by atoms with Gasteiger partial charge in [-0.1, -0.05) is 31.7 Å². The standard InChI is InChI=1S/C18H28N2O4S/c1-14-10-11-17(24-2)16(12-14)20(25(3,22)23)13-18(21)19-15-8-6-4-5-7-9-15/h10-12,15H,4-9,13H2,1-3H3,(H,19,21). The molecule has 0 radical (unpaired) electrons. The minimum Gasteiger partial charge on any atom is -0.495 e. The molecule has 1 saturated carbocycles. The first-order valence-electron chi connectivity index (χ1n) is 8.73. The number of hydrogen-bond acceptors (Lipinski definition) is 4. The van der Waals surface area contributed by atoms with E-state index in [1.54, 1.807) is 12.1 Å². The summed E-state index contributed by atoms with van der Waals surface area (Å²) < 4.78 is 31.0. The smallest absolute Gasteiger partial charge is 0.240 e. The van der Waals surface area contributed by atoms with Gasteiger partial charge >= 0.3 is 0 Å². The number of nitrogens with one attached hydrogen (secondary N) is 1. The van der Waals surface area contributed by atoms with Gasteiger partial charge in [-0.2, -0.15) is 0 Å². The first-order chi connectivity index (χ1) is 11.8. The largest absolute Gasteiger partial charge is 0.495 e. The van der Waals surface area contributed by atoms with Gasteiger partial charge in [0.25, 0.3) is 0 Å². The van der Waals surface area contributed by atoms with Gasteiger partial charge < -0.3 is 10.1 Å². The molecule has 25 heavy (non-hydrogen) atoms. The molecule has 1 aromatic carbocycles. The third kappa shape index (κ3) is 5.63. The molecule has 0 unspecified atom stereocenters. The van der Waals surface area contributed by atoms with Crippen LogP contribution in [0.15, 0.2) is 18.2 Å². The predicted octanol–water partition coefficient (Wildman–Crippen LogP) is 2.61. The van der Waals surface area contributed by atoms with Crippen molar-refractivity contribution < 1.29 is 17.9 Å². The van der Waals surface area contributed by atoms with Gasteiger partial charge in [-0.3, -0.25) is 9.10 Å². The minimum atomic E-state index is -3.62. The fourth-order valence-corrected chi connectivity index (χ4v) is 4.06. The maximum absolute atomic E-state index is 12.5. The van der Waals surface area contributed by atoms with E-state index in [0.717, 1.165) is 41.8 Å². The number of ether oxygens (including phenoxy) is 1. The number of hydrogen-bond donors (Lipinski definition) is 1. The summed E-state index contributed by atoms with van der Waals surface area (Å²) in [4.78, 5) is 12.5. The van der Waals surface area contributed by atoms with Crippen LogP contribution < -0.4 is 14.4 Å². The van der Waals surface area contributed by atoms with E-state index in [4.69, 9.17) is 4.74 Å². The van der Waals surface area contributed by atoms with Crippen LogP contribution in [0.3, 0.4) is 0 Å². The topological polar surface area (TPSA) is 75.7 Å². The van der Waals surface area contributed by atoms with Crippen LogP contribution in [0.2, 0.25) is 0 Å². The second-order valence-corrected chi connectivity index (χ2v) is 8.61. The first kappa shape index (κ1) is 19.6. The number of sulfonamides is 1. The molecule has 1 amide bonds. The molecule has 7 heteroatoms. The Hall–Kier alpha value is -1.76. The fourth-order valence-electron chi connectivity index (χ4n) is 3.20. The number of carbonyl (C=O) groups excluding carboxylic acids is 1. The number of methoxy groups -OCH3 is 1. The molecule has 1 fully saturated rings. The highest BCUT2D eigenvalue weighted by molar-refractivity contribution is 7.92. The normalized spacial score (nSPS) is 16.1. The van der Waals surface area contributed by atoms with Gasteiger partial charge in [0.2, 0.25) is 15.9 Å². The molecule has 0 saturated heterocycles. The molecule has 0 spiro atoms. The average molecular weight is 368 g/mol. The van der Waals surface area contributed by atoms with E-state index in [1.807, 2.05) is 13.0 Å². The van der Waals surface area contributed by atoms with E-state index >= 15 is 0 Å². The van der Waals surface area contributed by atoms with E-state index in [-0.39, 0.29) is 18.5 Å². The number of amides is 1. The Balaban J connectivity index is 2.18. The van der Waals surface area contributed by atoms with Crippen LogP contribution in [-0.4, -0.2) is 40.3 Å². The molecule has 1 aromatic rings. The number of nitrogens with zero attached hydrogens (tertiary/aromatic N) is 1. The summed E-state index contributed by atoms with van der Waals surface area (Å²) in [5.41, 5.74) is 1.29. The lowest BCUT2D eigenvalue weighted by Gasteiger charge is -2.25. The van der Waals surface area contributed by atoms with Crippen molar-refractivity contribution in [1.82, 2.24) is 5.32 Å². The predicted molar refractivity (Wildman–Crippen MR) is 99.6 cm³/mol. The lowest BCUT2D eigenvalue weighted by molar-refractivity contribution is -0.120. The molecule has 0 aromatic heterocycles. The van der Waals surface area contributed by atoms with Crippen molar-refractivity contribution >= 4 is 21.6 Å². The van der Waals surface area contributed by atoms with E-state index in [9.17, 15) is 13.2 Å². The monoisotopic (exact) mass is 368 g/mol. The average Bonchev–Trinajstić information content (AvgIpc) is 2.80. The van der Waals surface area contributed by atoms with E-state index < -0.39 is 10.0 Å². The van der Waals surface area contributed by atoms with Gasteiger partial charge in [-0.25, -0.2) is 8.42 Å². The van der Waals surface area contributed by atoms with Crippen LogP contribution in [0.4, 0.5) is 5.69 Å². The molecule has 1 aliphatic rings. The summed E-state index contributed by atoms with van der Waals surface area (Å²) in [5.74, 6) is 0.152. The third-order valence-corrected chi connectivity index (χ3v) is 5.64. The molecule has 0 atom stereocenters. The summed E-state index contributed by atoms with van der Waals surface area (Å²) in [6.07, 6.45) is 7.62. The lowest BCUT2D eigenvalue weighted by Crippen LogP contribution is -2.44. The van der Waals surface area contributed by atoms with E-state index in [0.29, 0.717) is 11.4 Å². The van der Waals surface area contributed by atoms with Crippen molar-refractivity contribution in [3.05, 3.63) is 23.8 Å². The number of benzene rings is 1. The summed E-state index contributed by atoms with van der Waals surface area (Å²) in [5, 5.41) is 3.00. The first-order valence-corrected chi connectivity index (χ1v) is 10.6. The van der Waals surface area contributed by atoms with Crippen LogP contribution in [0.25, 0.3) is 0 Å². The highest BCUT2D eigenvalue weighted by Crippen LogP contribution is 2.30. The molecule has 2 rings (SSSR count). The summed E-state index contributed by atoms with van der Waals surface area (Å²) >= 11 is 0. The van der Waals surface area contributed by atoms with E-state index in [1.165, 1.54) is 20.0 Å².